The Labute approximate surface area is 252 Å². The van der Waals surface area contributed by atoms with E-state index in [9.17, 15) is 9.59 Å². The Balaban J connectivity index is 1.65. The lowest BCUT2D eigenvalue weighted by molar-refractivity contribution is -0.167. The molecule has 42 heavy (non-hydrogen) atoms. The van der Waals surface area contributed by atoms with Crippen molar-refractivity contribution < 1.29 is 28.5 Å². The van der Waals surface area contributed by atoms with Crippen LogP contribution in [0.1, 0.15) is 64.9 Å². The van der Waals surface area contributed by atoms with Gasteiger partial charge >= 0.3 is 5.97 Å². The molecule has 0 amide bonds. The van der Waals surface area contributed by atoms with Crippen molar-refractivity contribution in [3.8, 4) is 5.75 Å². The number of allylic oxidation sites excluding steroid dienone is 1. The summed E-state index contributed by atoms with van der Waals surface area (Å²) in [7, 11) is 1.63. The number of methoxy groups -OCH3 is 1. The largest absolute Gasteiger partial charge is 0.497 e. The molecule has 7 unspecified atom stereocenters. The Morgan fingerprint density at radius 3 is 2.48 bits per heavy atom. The highest BCUT2D eigenvalue weighted by atomic mass is 16.5. The van der Waals surface area contributed by atoms with E-state index >= 15 is 0 Å². The molecule has 2 saturated carbocycles. The SMILES string of the molecule is C=CCOCCCCC1C(C)C(OCC=C)CC1C1(C=O)CC2C=C(C(C)C)C1(C(=O)OCc1ccc(OC)cc1)C2. The van der Waals surface area contributed by atoms with Gasteiger partial charge in [0, 0.05) is 12.0 Å². The van der Waals surface area contributed by atoms with Gasteiger partial charge in [0.05, 0.1) is 26.4 Å². The highest BCUT2D eigenvalue weighted by molar-refractivity contribution is 5.89. The first-order valence-corrected chi connectivity index (χ1v) is 15.7. The van der Waals surface area contributed by atoms with Crippen molar-refractivity contribution in [2.24, 2.45) is 40.4 Å². The molecule has 0 N–H and O–H groups in total. The topological polar surface area (TPSA) is 71.1 Å². The number of unbranched alkanes of at least 4 members (excludes halogenated alkanes) is 1. The smallest absolute Gasteiger partial charge is 0.317 e. The lowest BCUT2D eigenvalue weighted by Crippen LogP contribution is -2.53. The fourth-order valence-electron chi connectivity index (χ4n) is 8.44. The highest BCUT2D eigenvalue weighted by Crippen LogP contribution is 2.71. The van der Waals surface area contributed by atoms with Gasteiger partial charge < -0.3 is 23.7 Å². The number of hydrogen-bond acceptors (Lipinski definition) is 6. The minimum atomic E-state index is -0.955. The molecule has 2 fully saturated rings. The molecular weight excluding hydrogens is 528 g/mol. The molecule has 3 aliphatic rings. The molecule has 2 bridgehead atoms. The average molecular weight is 579 g/mol. The molecule has 0 aliphatic heterocycles. The van der Waals surface area contributed by atoms with Crippen molar-refractivity contribution >= 4 is 12.3 Å². The van der Waals surface area contributed by atoms with Crippen LogP contribution in [0.3, 0.4) is 0 Å². The number of carbonyl (C=O) groups is 2. The third-order valence-corrected chi connectivity index (χ3v) is 10.2. The first-order chi connectivity index (χ1) is 20.3. The summed E-state index contributed by atoms with van der Waals surface area (Å²) < 4.78 is 23.4. The van der Waals surface area contributed by atoms with Crippen molar-refractivity contribution in [2.45, 2.75) is 72.0 Å². The predicted molar refractivity (Wildman–Crippen MR) is 165 cm³/mol. The monoisotopic (exact) mass is 578 g/mol. The Morgan fingerprint density at radius 1 is 1.10 bits per heavy atom. The van der Waals surface area contributed by atoms with E-state index in [0.29, 0.717) is 32.7 Å². The van der Waals surface area contributed by atoms with Gasteiger partial charge in [-0.05, 0) is 79.4 Å². The first-order valence-electron chi connectivity index (χ1n) is 15.7. The summed E-state index contributed by atoms with van der Waals surface area (Å²) in [4.78, 5) is 28.1. The van der Waals surface area contributed by atoms with E-state index in [0.717, 1.165) is 48.9 Å². The number of carbonyl (C=O) groups excluding carboxylic acids is 2. The van der Waals surface area contributed by atoms with Crippen LogP contribution in [0.4, 0.5) is 0 Å². The lowest BCUT2D eigenvalue weighted by atomic mass is 9.52. The first kappa shape index (κ1) is 32.2. The van der Waals surface area contributed by atoms with Gasteiger partial charge in [-0.15, -0.1) is 13.2 Å². The second kappa shape index (κ2) is 14.2. The molecule has 0 saturated heterocycles. The molecular formula is C36H50O6. The Morgan fingerprint density at radius 2 is 1.83 bits per heavy atom. The molecule has 0 spiro atoms. The molecule has 0 radical (unpaired) electrons. The Kier molecular flexibility index (Phi) is 10.9. The minimum absolute atomic E-state index is 0.0183. The summed E-state index contributed by atoms with van der Waals surface area (Å²) in [6.45, 7) is 16.0. The van der Waals surface area contributed by atoms with E-state index in [-0.39, 0.29) is 48.3 Å². The van der Waals surface area contributed by atoms with E-state index in [1.54, 1.807) is 19.3 Å². The standard InChI is InChI=1S/C36H50O6/c1-7-16-40-18-10-9-11-30-26(5)33(41-17-8-2)20-32(30)35(24-37)21-28-19-31(25(3)4)36(35,22-28)34(38)42-23-27-12-14-29(39-6)15-13-27/h7-8,12-15,19,24-26,28,30,32-33H,1-2,9-11,16-18,20-23H2,3-6H3. The molecule has 1 aromatic carbocycles. The molecule has 6 heteroatoms. The number of aldehydes is 1. The zero-order valence-electron chi connectivity index (χ0n) is 26.0. The Hall–Kier alpha value is -2.70. The molecule has 230 valence electrons. The molecule has 6 nitrogen and oxygen atoms in total. The number of hydrogen-bond donors (Lipinski definition) is 0. The molecule has 7 atom stereocenters. The average Bonchev–Trinajstić information content (AvgIpc) is 3.65. The normalized spacial score (nSPS) is 31.6. The van der Waals surface area contributed by atoms with E-state index in [1.807, 2.05) is 24.3 Å². The number of rotatable bonds is 17. The molecule has 4 rings (SSSR count). The second-order valence-electron chi connectivity index (χ2n) is 12.8. The van der Waals surface area contributed by atoms with Crippen LogP contribution in [0.2, 0.25) is 0 Å². The van der Waals surface area contributed by atoms with Crippen molar-refractivity contribution in [2.75, 3.05) is 26.9 Å². The van der Waals surface area contributed by atoms with Crippen LogP contribution in [0, 0.1) is 40.4 Å². The molecule has 1 aromatic rings. The van der Waals surface area contributed by atoms with Gasteiger partial charge in [0.15, 0.2) is 0 Å². The van der Waals surface area contributed by atoms with Crippen LogP contribution in [0.25, 0.3) is 0 Å². The number of ether oxygens (including phenoxy) is 4. The van der Waals surface area contributed by atoms with Crippen molar-refractivity contribution in [3.05, 3.63) is 66.8 Å². The van der Waals surface area contributed by atoms with E-state index in [2.05, 4.69) is 40.0 Å². The fraction of sp³-hybridized carbons (Fsp3) is 0.611. The number of esters is 1. The van der Waals surface area contributed by atoms with Crippen LogP contribution in [-0.4, -0.2) is 45.3 Å². The summed E-state index contributed by atoms with van der Waals surface area (Å²) in [5, 5.41) is 0. The summed E-state index contributed by atoms with van der Waals surface area (Å²) in [5.41, 5.74) is 0.186. The second-order valence-corrected chi connectivity index (χ2v) is 12.8. The lowest BCUT2D eigenvalue weighted by Gasteiger charge is -2.49. The minimum Gasteiger partial charge on any atom is -0.497 e. The number of benzene rings is 1. The zero-order chi connectivity index (χ0) is 30.3. The van der Waals surface area contributed by atoms with Crippen LogP contribution in [-0.2, 0) is 30.4 Å². The van der Waals surface area contributed by atoms with Crippen molar-refractivity contribution in [3.63, 3.8) is 0 Å². The van der Waals surface area contributed by atoms with E-state index in [4.69, 9.17) is 18.9 Å². The van der Waals surface area contributed by atoms with Gasteiger partial charge in [-0.1, -0.05) is 63.1 Å². The van der Waals surface area contributed by atoms with E-state index in [1.165, 1.54) is 0 Å². The summed E-state index contributed by atoms with van der Waals surface area (Å²) >= 11 is 0. The fourth-order valence-corrected chi connectivity index (χ4v) is 8.44. The summed E-state index contributed by atoms with van der Waals surface area (Å²) in [6.07, 6.45) is 12.0. The van der Waals surface area contributed by atoms with Crippen molar-refractivity contribution in [1.82, 2.24) is 0 Å². The quantitative estimate of drug-likeness (QED) is 0.0848. The van der Waals surface area contributed by atoms with Crippen LogP contribution in [0.5, 0.6) is 5.75 Å². The van der Waals surface area contributed by atoms with Crippen LogP contribution < -0.4 is 4.74 Å². The van der Waals surface area contributed by atoms with Crippen LogP contribution >= 0.6 is 0 Å². The molecule has 0 heterocycles. The van der Waals surface area contributed by atoms with Gasteiger partial charge in [0.25, 0.3) is 0 Å². The maximum absolute atomic E-state index is 14.5. The van der Waals surface area contributed by atoms with E-state index < -0.39 is 10.8 Å². The van der Waals surface area contributed by atoms with Gasteiger partial charge in [-0.2, -0.15) is 0 Å². The van der Waals surface area contributed by atoms with Crippen molar-refractivity contribution in [1.29, 1.82) is 0 Å². The summed E-state index contributed by atoms with van der Waals surface area (Å²) in [5.74, 6) is 1.36. The van der Waals surface area contributed by atoms with Gasteiger partial charge in [-0.3, -0.25) is 4.79 Å². The molecule has 0 aromatic heterocycles. The predicted octanol–water partition coefficient (Wildman–Crippen LogP) is 7.13. The zero-order valence-corrected chi connectivity index (χ0v) is 26.0. The highest BCUT2D eigenvalue weighted by Gasteiger charge is 2.72. The molecule has 3 aliphatic carbocycles. The third kappa shape index (κ3) is 6.03. The van der Waals surface area contributed by atoms with Gasteiger partial charge in [0.1, 0.15) is 24.1 Å². The third-order valence-electron chi connectivity index (χ3n) is 10.2. The Bertz CT molecular complexity index is 1120. The van der Waals surface area contributed by atoms with Gasteiger partial charge in [0.2, 0.25) is 0 Å². The van der Waals surface area contributed by atoms with Crippen LogP contribution in [0.15, 0.2) is 61.2 Å². The van der Waals surface area contributed by atoms with Gasteiger partial charge in [-0.25, -0.2) is 0 Å². The maximum atomic E-state index is 14.5. The maximum Gasteiger partial charge on any atom is 0.317 e. The number of fused-ring (bicyclic) bond motifs is 2. The summed E-state index contributed by atoms with van der Waals surface area (Å²) in [6, 6.07) is 7.57.